The van der Waals surface area contributed by atoms with Crippen LogP contribution in [0.15, 0.2) is 29.2 Å². The van der Waals surface area contributed by atoms with Gasteiger partial charge in [-0.15, -0.1) is 11.8 Å². The lowest BCUT2D eigenvalue weighted by atomic mass is 10.1. The van der Waals surface area contributed by atoms with E-state index in [1.165, 1.54) is 29.7 Å². The molecule has 1 aromatic carbocycles. The Labute approximate surface area is 128 Å². The summed E-state index contributed by atoms with van der Waals surface area (Å²) in [5.74, 6) is 1.03. The lowest BCUT2D eigenvalue weighted by Gasteiger charge is -2.14. The Morgan fingerprint density at radius 1 is 1.10 bits per heavy atom. The zero-order valence-corrected chi connectivity index (χ0v) is 14.0. The van der Waals surface area contributed by atoms with Crippen molar-refractivity contribution in [2.45, 2.75) is 51.0 Å². The van der Waals surface area contributed by atoms with E-state index in [1.807, 2.05) is 11.8 Å². The molecule has 0 radical (unpaired) electrons. The highest BCUT2D eigenvalue weighted by molar-refractivity contribution is 7.99. The number of rotatable bonds is 11. The smallest absolute Gasteiger partial charge is 0.0560 e. The van der Waals surface area contributed by atoms with Crippen molar-refractivity contribution in [2.24, 2.45) is 0 Å². The van der Waals surface area contributed by atoms with Gasteiger partial charge in [0.05, 0.1) is 6.61 Å². The van der Waals surface area contributed by atoms with Gasteiger partial charge in [-0.2, -0.15) is 0 Å². The molecule has 0 aliphatic carbocycles. The highest BCUT2D eigenvalue weighted by Crippen LogP contribution is 2.21. The molecule has 0 spiro atoms. The Morgan fingerprint density at radius 3 is 2.50 bits per heavy atom. The third-order valence-corrected chi connectivity index (χ3v) is 4.20. The van der Waals surface area contributed by atoms with Crippen LogP contribution in [0.5, 0.6) is 0 Å². The summed E-state index contributed by atoms with van der Waals surface area (Å²) in [6.07, 6.45) is 3.55. The van der Waals surface area contributed by atoms with Gasteiger partial charge >= 0.3 is 0 Å². The molecular weight excluding hydrogens is 266 g/mol. The molecule has 0 saturated heterocycles. The van der Waals surface area contributed by atoms with Gasteiger partial charge in [-0.25, -0.2) is 0 Å². The van der Waals surface area contributed by atoms with Crippen molar-refractivity contribution in [1.29, 1.82) is 0 Å². The van der Waals surface area contributed by atoms with Crippen LogP contribution < -0.4 is 5.32 Å². The minimum absolute atomic E-state index is 0.436. The summed E-state index contributed by atoms with van der Waals surface area (Å²) in [5, 5.41) is 3.51. The molecule has 1 unspecified atom stereocenters. The van der Waals surface area contributed by atoms with E-state index in [4.69, 9.17) is 4.74 Å². The van der Waals surface area contributed by atoms with Crippen LogP contribution in [-0.4, -0.2) is 25.5 Å². The molecule has 0 saturated carbocycles. The maximum atomic E-state index is 5.57. The number of unbranched alkanes of at least 4 members (excludes halogenated alkanes) is 1. The van der Waals surface area contributed by atoms with Crippen molar-refractivity contribution in [3.05, 3.63) is 29.8 Å². The number of ether oxygens (including phenoxy) is 1. The Morgan fingerprint density at radius 2 is 1.85 bits per heavy atom. The molecule has 0 aromatic heterocycles. The predicted molar refractivity (Wildman–Crippen MR) is 89.6 cm³/mol. The van der Waals surface area contributed by atoms with Crippen molar-refractivity contribution < 1.29 is 4.74 Å². The van der Waals surface area contributed by atoms with E-state index in [0.29, 0.717) is 6.04 Å². The van der Waals surface area contributed by atoms with E-state index in [0.717, 1.165) is 25.5 Å². The zero-order valence-electron chi connectivity index (χ0n) is 13.2. The third kappa shape index (κ3) is 7.32. The van der Waals surface area contributed by atoms with Gasteiger partial charge in [-0.1, -0.05) is 32.4 Å². The van der Waals surface area contributed by atoms with E-state index < -0.39 is 0 Å². The van der Waals surface area contributed by atoms with Gasteiger partial charge in [0.15, 0.2) is 0 Å². The molecule has 1 atom stereocenters. The number of hydrogen-bond acceptors (Lipinski definition) is 3. The fourth-order valence-corrected chi connectivity index (χ4v) is 2.66. The predicted octanol–water partition coefficient (Wildman–Crippen LogP) is 4.66. The molecule has 0 fully saturated rings. The first-order chi connectivity index (χ1) is 9.77. The highest BCUT2D eigenvalue weighted by atomic mass is 32.2. The van der Waals surface area contributed by atoms with Crippen LogP contribution in [0.3, 0.4) is 0 Å². The summed E-state index contributed by atoms with van der Waals surface area (Å²) in [6.45, 7) is 9.43. The van der Waals surface area contributed by atoms with Gasteiger partial charge in [0, 0.05) is 23.3 Å². The average Bonchev–Trinajstić information content (AvgIpc) is 2.49. The summed E-state index contributed by atoms with van der Waals surface area (Å²) < 4.78 is 5.57. The number of hydrogen-bond donors (Lipinski definition) is 1. The Bertz CT molecular complexity index is 339. The first kappa shape index (κ1) is 17.5. The van der Waals surface area contributed by atoms with Crippen LogP contribution in [0.25, 0.3) is 0 Å². The molecule has 1 N–H and O–H groups in total. The number of nitrogens with one attached hydrogen (secondary N) is 1. The standard InChI is InChI=1S/C17H29NOS/c1-4-6-12-19-13-14-20-17-9-7-16(8-10-17)15(3)18-11-5-2/h7-10,15,18H,4-6,11-14H2,1-3H3. The third-order valence-electron chi connectivity index (χ3n) is 3.22. The van der Waals surface area contributed by atoms with Gasteiger partial charge in [-0.3, -0.25) is 0 Å². The lowest BCUT2D eigenvalue weighted by molar-refractivity contribution is 0.147. The monoisotopic (exact) mass is 295 g/mol. The van der Waals surface area contributed by atoms with Crippen molar-refractivity contribution in [2.75, 3.05) is 25.5 Å². The highest BCUT2D eigenvalue weighted by Gasteiger charge is 2.03. The van der Waals surface area contributed by atoms with Gasteiger partial charge in [0.25, 0.3) is 0 Å². The van der Waals surface area contributed by atoms with Crippen molar-refractivity contribution >= 4 is 11.8 Å². The topological polar surface area (TPSA) is 21.3 Å². The average molecular weight is 295 g/mol. The second-order valence-electron chi connectivity index (χ2n) is 5.06. The lowest BCUT2D eigenvalue weighted by Crippen LogP contribution is -2.19. The van der Waals surface area contributed by atoms with Crippen LogP contribution in [-0.2, 0) is 4.74 Å². The van der Waals surface area contributed by atoms with Gasteiger partial charge in [-0.05, 0) is 44.0 Å². The fourth-order valence-electron chi connectivity index (χ4n) is 1.90. The molecule has 2 nitrogen and oxygen atoms in total. The normalized spacial score (nSPS) is 12.6. The molecule has 0 aliphatic heterocycles. The maximum Gasteiger partial charge on any atom is 0.0560 e. The summed E-state index contributed by atoms with van der Waals surface area (Å²) in [5.41, 5.74) is 1.36. The van der Waals surface area contributed by atoms with Gasteiger partial charge < -0.3 is 10.1 Å². The van der Waals surface area contributed by atoms with Crippen molar-refractivity contribution in [3.63, 3.8) is 0 Å². The summed E-state index contributed by atoms with van der Waals surface area (Å²) in [6, 6.07) is 9.33. The molecule has 0 amide bonds. The maximum absolute atomic E-state index is 5.57. The molecule has 20 heavy (non-hydrogen) atoms. The van der Waals surface area contributed by atoms with Crippen LogP contribution in [0.1, 0.15) is 51.6 Å². The number of thioether (sulfide) groups is 1. The van der Waals surface area contributed by atoms with E-state index >= 15 is 0 Å². The van der Waals surface area contributed by atoms with Crippen LogP contribution in [0, 0.1) is 0 Å². The summed E-state index contributed by atoms with van der Waals surface area (Å²) in [7, 11) is 0. The summed E-state index contributed by atoms with van der Waals surface area (Å²) in [4.78, 5) is 1.33. The molecule has 114 valence electrons. The Hall–Kier alpha value is -0.510. The van der Waals surface area contributed by atoms with E-state index in [2.05, 4.69) is 50.4 Å². The van der Waals surface area contributed by atoms with E-state index in [9.17, 15) is 0 Å². The van der Waals surface area contributed by atoms with Gasteiger partial charge in [0.2, 0.25) is 0 Å². The first-order valence-electron chi connectivity index (χ1n) is 7.81. The SMILES string of the molecule is CCCCOCCSc1ccc(C(C)NCCC)cc1. The molecule has 1 rings (SSSR count). The Balaban J connectivity index is 2.24. The minimum atomic E-state index is 0.436. The largest absolute Gasteiger partial charge is 0.381 e. The zero-order chi connectivity index (χ0) is 14.6. The molecule has 1 aromatic rings. The molecule has 0 aliphatic rings. The molecule has 0 heterocycles. The van der Waals surface area contributed by atoms with E-state index in [1.54, 1.807) is 0 Å². The van der Waals surface area contributed by atoms with Crippen molar-refractivity contribution in [3.8, 4) is 0 Å². The minimum Gasteiger partial charge on any atom is -0.381 e. The second-order valence-corrected chi connectivity index (χ2v) is 6.23. The second kappa shape index (κ2) is 11.2. The van der Waals surface area contributed by atoms with Crippen molar-refractivity contribution in [1.82, 2.24) is 5.32 Å². The molecular formula is C17H29NOS. The van der Waals surface area contributed by atoms with E-state index in [-0.39, 0.29) is 0 Å². The molecule has 3 heteroatoms. The van der Waals surface area contributed by atoms with Crippen LogP contribution in [0.2, 0.25) is 0 Å². The van der Waals surface area contributed by atoms with Crippen LogP contribution in [0.4, 0.5) is 0 Å². The quantitative estimate of drug-likeness (QED) is 0.474. The Kier molecular flexibility index (Phi) is 9.81. The molecule has 0 bridgehead atoms. The van der Waals surface area contributed by atoms with Crippen LogP contribution >= 0.6 is 11.8 Å². The van der Waals surface area contributed by atoms with Gasteiger partial charge in [0.1, 0.15) is 0 Å². The fraction of sp³-hybridized carbons (Fsp3) is 0.647. The number of benzene rings is 1. The summed E-state index contributed by atoms with van der Waals surface area (Å²) >= 11 is 1.87. The first-order valence-corrected chi connectivity index (χ1v) is 8.80.